The maximum Gasteiger partial charge on any atom is 0.339 e. The zero-order valence-corrected chi connectivity index (χ0v) is 16.2. The van der Waals surface area contributed by atoms with Gasteiger partial charge in [-0.1, -0.05) is 0 Å². The van der Waals surface area contributed by atoms with Gasteiger partial charge in [0.15, 0.2) is 0 Å². The fourth-order valence-electron chi connectivity index (χ4n) is 3.19. The fraction of sp³-hybridized carbons (Fsp3) is 0.333. The molecule has 1 amide bonds. The highest BCUT2D eigenvalue weighted by molar-refractivity contribution is 5.92. The minimum atomic E-state index is -1.17. The second kappa shape index (κ2) is 9.18. The molecule has 1 saturated heterocycles. The van der Waals surface area contributed by atoms with Crippen molar-refractivity contribution in [1.82, 2.24) is 4.90 Å². The van der Waals surface area contributed by atoms with Crippen LogP contribution in [0.25, 0.3) is 0 Å². The van der Waals surface area contributed by atoms with Gasteiger partial charge in [0, 0.05) is 31.9 Å². The molecule has 3 rings (SSSR count). The Morgan fingerprint density at radius 2 is 1.66 bits per heavy atom. The molecule has 0 aromatic heterocycles. The van der Waals surface area contributed by atoms with Crippen LogP contribution in [-0.2, 0) is 4.79 Å². The first-order valence-corrected chi connectivity index (χ1v) is 9.34. The van der Waals surface area contributed by atoms with Gasteiger partial charge in [0.1, 0.15) is 22.8 Å². The number of carbonyl (C=O) groups excluding carboxylic acids is 1. The SMILES string of the molecule is COc1ccc(OCCC(=O)N2CCN(c3ccc(O)c(C(=O)O)c3)CC2)cc1. The van der Waals surface area contributed by atoms with Crippen molar-refractivity contribution in [2.75, 3.05) is 44.8 Å². The van der Waals surface area contributed by atoms with Crippen LogP contribution in [0.3, 0.4) is 0 Å². The summed E-state index contributed by atoms with van der Waals surface area (Å²) in [5.74, 6) is 0.0254. The number of phenols is 1. The Hall–Kier alpha value is -3.42. The van der Waals surface area contributed by atoms with Gasteiger partial charge >= 0.3 is 5.97 Å². The van der Waals surface area contributed by atoms with Crippen LogP contribution in [0.1, 0.15) is 16.8 Å². The molecule has 0 radical (unpaired) electrons. The fourth-order valence-corrected chi connectivity index (χ4v) is 3.19. The third kappa shape index (κ3) is 5.10. The number of nitrogens with zero attached hydrogens (tertiary/aromatic N) is 2. The molecule has 8 heteroatoms. The van der Waals surface area contributed by atoms with Crippen LogP contribution >= 0.6 is 0 Å². The average Bonchev–Trinajstić information content (AvgIpc) is 2.74. The second-order valence-electron chi connectivity index (χ2n) is 6.65. The maximum absolute atomic E-state index is 12.4. The highest BCUT2D eigenvalue weighted by Crippen LogP contribution is 2.25. The second-order valence-corrected chi connectivity index (χ2v) is 6.65. The van der Waals surface area contributed by atoms with E-state index in [0.717, 1.165) is 11.4 Å². The molecule has 1 fully saturated rings. The number of amides is 1. The Morgan fingerprint density at radius 3 is 2.28 bits per heavy atom. The number of carbonyl (C=O) groups is 2. The van der Waals surface area contributed by atoms with Crippen LogP contribution in [0.4, 0.5) is 5.69 Å². The highest BCUT2D eigenvalue weighted by atomic mass is 16.5. The topological polar surface area (TPSA) is 99.5 Å². The predicted molar refractivity (Wildman–Crippen MR) is 107 cm³/mol. The average molecular weight is 400 g/mol. The van der Waals surface area contributed by atoms with E-state index in [1.54, 1.807) is 42.3 Å². The molecule has 154 valence electrons. The first-order chi connectivity index (χ1) is 14.0. The molecule has 2 aromatic rings. The van der Waals surface area contributed by atoms with Crippen LogP contribution < -0.4 is 14.4 Å². The lowest BCUT2D eigenvalue weighted by Gasteiger charge is -2.36. The van der Waals surface area contributed by atoms with Gasteiger partial charge in [-0.05, 0) is 42.5 Å². The number of carboxylic acid groups (broad SMARTS) is 1. The van der Waals surface area contributed by atoms with Crippen LogP contribution in [0, 0.1) is 0 Å². The number of anilines is 1. The Morgan fingerprint density at radius 1 is 1.00 bits per heavy atom. The lowest BCUT2D eigenvalue weighted by atomic mass is 10.1. The van der Waals surface area contributed by atoms with Crippen LogP contribution in [0.5, 0.6) is 17.2 Å². The zero-order valence-electron chi connectivity index (χ0n) is 16.2. The van der Waals surface area contributed by atoms with Crippen LogP contribution in [-0.4, -0.2) is 66.9 Å². The van der Waals surface area contributed by atoms with E-state index >= 15 is 0 Å². The van der Waals surface area contributed by atoms with Crippen LogP contribution in [0.2, 0.25) is 0 Å². The van der Waals surface area contributed by atoms with E-state index in [1.165, 1.54) is 12.1 Å². The molecule has 0 saturated carbocycles. The number of ether oxygens (including phenoxy) is 2. The largest absolute Gasteiger partial charge is 0.507 e. The van der Waals surface area contributed by atoms with E-state index in [4.69, 9.17) is 14.6 Å². The van der Waals surface area contributed by atoms with E-state index in [2.05, 4.69) is 0 Å². The minimum Gasteiger partial charge on any atom is -0.507 e. The van der Waals surface area contributed by atoms with Crippen molar-refractivity contribution in [3.05, 3.63) is 48.0 Å². The van der Waals surface area contributed by atoms with E-state index in [-0.39, 0.29) is 23.6 Å². The van der Waals surface area contributed by atoms with E-state index in [0.29, 0.717) is 38.5 Å². The van der Waals surface area contributed by atoms with Crippen molar-refractivity contribution in [3.8, 4) is 17.2 Å². The van der Waals surface area contributed by atoms with Gasteiger partial charge in [-0.25, -0.2) is 4.79 Å². The van der Waals surface area contributed by atoms with Crippen molar-refractivity contribution in [2.45, 2.75) is 6.42 Å². The van der Waals surface area contributed by atoms with Crippen molar-refractivity contribution in [2.24, 2.45) is 0 Å². The van der Waals surface area contributed by atoms with Gasteiger partial charge in [-0.15, -0.1) is 0 Å². The van der Waals surface area contributed by atoms with Gasteiger partial charge in [-0.2, -0.15) is 0 Å². The number of rotatable bonds is 7. The molecule has 29 heavy (non-hydrogen) atoms. The smallest absolute Gasteiger partial charge is 0.339 e. The molecule has 8 nitrogen and oxygen atoms in total. The zero-order chi connectivity index (χ0) is 20.8. The first kappa shape index (κ1) is 20.3. The quantitative estimate of drug-likeness (QED) is 0.735. The Kier molecular flexibility index (Phi) is 6.43. The Labute approximate surface area is 168 Å². The first-order valence-electron chi connectivity index (χ1n) is 9.34. The van der Waals surface area contributed by atoms with Crippen molar-refractivity contribution >= 4 is 17.6 Å². The molecule has 1 aliphatic rings. The number of hydrogen-bond acceptors (Lipinski definition) is 6. The van der Waals surface area contributed by atoms with Gasteiger partial charge in [0.05, 0.1) is 20.1 Å². The Bertz CT molecular complexity index is 860. The summed E-state index contributed by atoms with van der Waals surface area (Å²) in [6, 6.07) is 11.7. The molecule has 0 bridgehead atoms. The number of piperazine rings is 1. The van der Waals surface area contributed by atoms with Crippen molar-refractivity contribution in [3.63, 3.8) is 0 Å². The number of hydrogen-bond donors (Lipinski definition) is 2. The van der Waals surface area contributed by atoms with Crippen LogP contribution in [0.15, 0.2) is 42.5 Å². The number of methoxy groups -OCH3 is 1. The summed E-state index contributed by atoms with van der Waals surface area (Å²) in [5.41, 5.74) is 0.590. The molecule has 1 aliphatic heterocycles. The summed E-state index contributed by atoms with van der Waals surface area (Å²) in [4.78, 5) is 27.4. The highest BCUT2D eigenvalue weighted by Gasteiger charge is 2.22. The number of benzene rings is 2. The van der Waals surface area contributed by atoms with Gasteiger partial charge in [0.2, 0.25) is 5.91 Å². The molecule has 0 spiro atoms. The van der Waals surface area contributed by atoms with Gasteiger partial charge < -0.3 is 29.5 Å². The summed E-state index contributed by atoms with van der Waals surface area (Å²) >= 11 is 0. The molecule has 0 atom stereocenters. The summed E-state index contributed by atoms with van der Waals surface area (Å²) in [6.45, 7) is 2.57. The molecule has 0 unspecified atom stereocenters. The molecular weight excluding hydrogens is 376 g/mol. The summed E-state index contributed by atoms with van der Waals surface area (Å²) in [5, 5.41) is 18.8. The minimum absolute atomic E-state index is 0.0232. The molecule has 0 aliphatic carbocycles. The van der Waals surface area contributed by atoms with E-state index in [9.17, 15) is 14.7 Å². The van der Waals surface area contributed by atoms with E-state index < -0.39 is 5.97 Å². The Balaban J connectivity index is 1.46. The van der Waals surface area contributed by atoms with Gasteiger partial charge in [0.25, 0.3) is 0 Å². The molecule has 1 heterocycles. The van der Waals surface area contributed by atoms with Gasteiger partial charge in [-0.3, -0.25) is 4.79 Å². The lowest BCUT2D eigenvalue weighted by Crippen LogP contribution is -2.49. The summed E-state index contributed by atoms with van der Waals surface area (Å²) < 4.78 is 10.7. The summed E-state index contributed by atoms with van der Waals surface area (Å²) in [7, 11) is 1.60. The molecule has 2 aromatic carbocycles. The third-order valence-electron chi connectivity index (χ3n) is 4.85. The predicted octanol–water partition coefficient (Wildman–Crippen LogP) is 2.22. The maximum atomic E-state index is 12.4. The monoisotopic (exact) mass is 400 g/mol. The molecule has 2 N–H and O–H groups in total. The van der Waals surface area contributed by atoms with Crippen molar-refractivity contribution < 1.29 is 29.3 Å². The third-order valence-corrected chi connectivity index (χ3v) is 4.85. The normalized spacial score (nSPS) is 13.8. The lowest BCUT2D eigenvalue weighted by molar-refractivity contribution is -0.132. The van der Waals surface area contributed by atoms with Crippen molar-refractivity contribution in [1.29, 1.82) is 0 Å². The standard InChI is InChI=1S/C21H24N2O6/c1-28-16-3-5-17(6-4-16)29-13-8-20(25)23-11-9-22(10-12-23)15-2-7-19(24)18(14-15)21(26)27/h2-7,14,24H,8-13H2,1H3,(H,26,27). The number of aromatic carboxylic acids is 1. The number of aromatic hydroxyl groups is 1. The van der Waals surface area contributed by atoms with E-state index in [1.807, 2.05) is 4.90 Å². The number of carboxylic acids is 1. The summed E-state index contributed by atoms with van der Waals surface area (Å²) in [6.07, 6.45) is 0.286. The molecular formula is C21H24N2O6.